The lowest BCUT2D eigenvalue weighted by Crippen LogP contribution is -2.54. The van der Waals surface area contributed by atoms with Crippen LogP contribution in [0.1, 0.15) is 25.1 Å². The molecule has 0 aliphatic carbocycles. The zero-order chi connectivity index (χ0) is 16.5. The van der Waals surface area contributed by atoms with Crippen LogP contribution in [0.15, 0.2) is 36.7 Å². The van der Waals surface area contributed by atoms with Crippen LogP contribution in [0.2, 0.25) is 0 Å². The molecule has 1 aromatic carbocycles. The maximum atomic E-state index is 6.09. The van der Waals surface area contributed by atoms with Gasteiger partial charge in [-0.1, -0.05) is 26.0 Å². The Kier molecular flexibility index (Phi) is 3.80. The van der Waals surface area contributed by atoms with Crippen molar-refractivity contribution in [2.24, 2.45) is 0 Å². The van der Waals surface area contributed by atoms with Crippen LogP contribution in [0.3, 0.4) is 0 Å². The molecule has 0 atom stereocenters. The van der Waals surface area contributed by atoms with Crippen LogP contribution < -0.4 is 9.64 Å². The number of aromatic nitrogens is 4. The molecule has 0 bridgehead atoms. The first-order valence-corrected chi connectivity index (χ1v) is 8.47. The van der Waals surface area contributed by atoms with Gasteiger partial charge in [-0.3, -0.25) is 0 Å². The molecule has 1 aliphatic rings. The summed E-state index contributed by atoms with van der Waals surface area (Å²) in [6.45, 7) is 5.96. The van der Waals surface area contributed by atoms with Crippen molar-refractivity contribution in [1.29, 1.82) is 0 Å². The average Bonchev–Trinajstić information content (AvgIpc) is 3.05. The van der Waals surface area contributed by atoms with Crippen LogP contribution >= 0.6 is 0 Å². The Morgan fingerprint density at radius 1 is 1.17 bits per heavy atom. The highest BCUT2D eigenvalue weighted by molar-refractivity contribution is 5.69. The summed E-state index contributed by atoms with van der Waals surface area (Å²) >= 11 is 0. The van der Waals surface area contributed by atoms with Crippen molar-refractivity contribution in [2.45, 2.75) is 32.8 Å². The quantitative estimate of drug-likeness (QED) is 0.722. The van der Waals surface area contributed by atoms with Crippen LogP contribution in [-0.2, 0) is 12.8 Å². The van der Waals surface area contributed by atoms with E-state index in [0.717, 1.165) is 48.7 Å². The first-order chi connectivity index (χ1) is 11.8. The third-order valence-electron chi connectivity index (χ3n) is 4.46. The molecule has 24 heavy (non-hydrogen) atoms. The van der Waals surface area contributed by atoms with Crippen LogP contribution in [0.25, 0.3) is 5.65 Å². The molecule has 6 nitrogen and oxygen atoms in total. The lowest BCUT2D eigenvalue weighted by Gasteiger charge is -2.40. The summed E-state index contributed by atoms with van der Waals surface area (Å²) in [7, 11) is 0. The number of nitrogens with zero attached hydrogens (tertiary/aromatic N) is 5. The van der Waals surface area contributed by atoms with Gasteiger partial charge in [0.2, 0.25) is 5.65 Å². The molecule has 0 amide bonds. The molecule has 1 saturated heterocycles. The zero-order valence-electron chi connectivity index (χ0n) is 14.0. The van der Waals surface area contributed by atoms with E-state index in [4.69, 9.17) is 4.74 Å². The maximum Gasteiger partial charge on any atom is 0.200 e. The summed E-state index contributed by atoms with van der Waals surface area (Å²) in [5.74, 6) is 0.954. The van der Waals surface area contributed by atoms with Crippen LogP contribution in [0, 0.1) is 0 Å². The molecule has 0 unspecified atom stereocenters. The normalized spacial score (nSPS) is 14.8. The second-order valence-electron chi connectivity index (χ2n) is 6.12. The molecule has 0 radical (unpaired) electrons. The number of rotatable bonds is 5. The van der Waals surface area contributed by atoms with Gasteiger partial charge in [-0.25, -0.2) is 0 Å². The van der Waals surface area contributed by atoms with E-state index in [1.54, 1.807) is 10.8 Å². The van der Waals surface area contributed by atoms with Gasteiger partial charge < -0.3 is 9.64 Å². The smallest absolute Gasteiger partial charge is 0.200 e. The summed E-state index contributed by atoms with van der Waals surface area (Å²) < 4.78 is 7.85. The van der Waals surface area contributed by atoms with Crippen molar-refractivity contribution in [3.05, 3.63) is 47.9 Å². The minimum atomic E-state index is 0.207. The van der Waals surface area contributed by atoms with E-state index < -0.39 is 0 Å². The number of anilines is 1. The predicted molar refractivity (Wildman–Crippen MR) is 92.6 cm³/mol. The van der Waals surface area contributed by atoms with Crippen molar-refractivity contribution < 1.29 is 4.74 Å². The molecule has 124 valence electrons. The Labute approximate surface area is 141 Å². The van der Waals surface area contributed by atoms with Crippen molar-refractivity contribution >= 4 is 11.3 Å². The SMILES string of the molecule is CCc1cccc(OC2CN(c3cc(CC)nn4cnnc34)C2)c1. The van der Waals surface area contributed by atoms with E-state index in [0.29, 0.717) is 0 Å². The third kappa shape index (κ3) is 2.68. The largest absolute Gasteiger partial charge is 0.487 e. The Morgan fingerprint density at radius 2 is 2.04 bits per heavy atom. The van der Waals surface area contributed by atoms with Gasteiger partial charge in [0.05, 0.1) is 24.5 Å². The van der Waals surface area contributed by atoms with Crippen molar-refractivity contribution in [3.8, 4) is 5.75 Å². The highest BCUT2D eigenvalue weighted by Gasteiger charge is 2.31. The van der Waals surface area contributed by atoms with Crippen LogP contribution in [-0.4, -0.2) is 39.0 Å². The topological polar surface area (TPSA) is 55.5 Å². The van der Waals surface area contributed by atoms with E-state index in [1.165, 1.54) is 5.56 Å². The highest BCUT2D eigenvalue weighted by Crippen LogP contribution is 2.28. The van der Waals surface area contributed by atoms with Gasteiger partial charge in [0.25, 0.3) is 0 Å². The molecule has 0 saturated carbocycles. The molecule has 3 aromatic rings. The first kappa shape index (κ1) is 14.9. The third-order valence-corrected chi connectivity index (χ3v) is 4.46. The predicted octanol–water partition coefficient (Wildman–Crippen LogP) is 2.52. The number of ether oxygens (including phenoxy) is 1. The Morgan fingerprint density at radius 3 is 2.83 bits per heavy atom. The van der Waals surface area contributed by atoms with E-state index in [1.807, 2.05) is 6.07 Å². The monoisotopic (exact) mass is 323 g/mol. The summed E-state index contributed by atoms with van der Waals surface area (Å²) in [6.07, 6.45) is 3.77. The first-order valence-electron chi connectivity index (χ1n) is 8.47. The fraction of sp³-hybridized carbons (Fsp3) is 0.389. The molecule has 0 spiro atoms. The Bertz CT molecular complexity index is 853. The number of hydrogen-bond donors (Lipinski definition) is 0. The summed E-state index contributed by atoms with van der Waals surface area (Å²) in [5, 5.41) is 12.7. The standard InChI is InChI=1S/C18H21N5O/c1-3-13-6-5-7-15(8-13)24-16-10-22(11-16)17-9-14(4-2)21-23-12-19-20-18(17)23/h5-9,12,16H,3-4,10-11H2,1-2H3. The van der Waals surface area contributed by atoms with Gasteiger partial charge in [0.15, 0.2) is 0 Å². The molecule has 4 rings (SSSR count). The minimum absolute atomic E-state index is 0.207. The minimum Gasteiger partial charge on any atom is -0.487 e. The fourth-order valence-corrected chi connectivity index (χ4v) is 3.01. The van der Waals surface area contributed by atoms with E-state index in [-0.39, 0.29) is 6.10 Å². The molecular weight excluding hydrogens is 302 g/mol. The lowest BCUT2D eigenvalue weighted by molar-refractivity contribution is 0.167. The van der Waals surface area contributed by atoms with Crippen LogP contribution in [0.5, 0.6) is 5.75 Å². The second kappa shape index (κ2) is 6.11. The van der Waals surface area contributed by atoms with Gasteiger partial charge in [-0.2, -0.15) is 9.61 Å². The Hall–Kier alpha value is -2.63. The molecule has 1 fully saturated rings. The lowest BCUT2D eigenvalue weighted by atomic mass is 10.1. The van der Waals surface area contributed by atoms with Crippen molar-refractivity contribution in [3.63, 3.8) is 0 Å². The summed E-state index contributed by atoms with van der Waals surface area (Å²) in [4.78, 5) is 2.28. The van der Waals surface area contributed by atoms with E-state index >= 15 is 0 Å². The average molecular weight is 323 g/mol. The second-order valence-corrected chi connectivity index (χ2v) is 6.12. The summed E-state index contributed by atoms with van der Waals surface area (Å²) in [5.41, 5.74) is 4.23. The van der Waals surface area contributed by atoms with Gasteiger partial charge >= 0.3 is 0 Å². The number of benzene rings is 1. The molecular formula is C18H21N5O. The molecule has 3 heterocycles. The van der Waals surface area contributed by atoms with Gasteiger partial charge in [-0.15, -0.1) is 10.2 Å². The zero-order valence-corrected chi connectivity index (χ0v) is 14.0. The maximum absolute atomic E-state index is 6.09. The molecule has 0 N–H and O–H groups in total. The number of fused-ring (bicyclic) bond motifs is 1. The van der Waals surface area contributed by atoms with E-state index in [9.17, 15) is 0 Å². The van der Waals surface area contributed by atoms with Crippen molar-refractivity contribution in [1.82, 2.24) is 19.8 Å². The summed E-state index contributed by atoms with van der Waals surface area (Å²) in [6, 6.07) is 10.4. The molecule has 2 aromatic heterocycles. The molecule has 1 aliphatic heterocycles. The van der Waals surface area contributed by atoms with Gasteiger partial charge in [-0.05, 0) is 36.6 Å². The highest BCUT2D eigenvalue weighted by atomic mass is 16.5. The number of aryl methyl sites for hydroxylation is 2. The van der Waals surface area contributed by atoms with E-state index in [2.05, 4.69) is 58.3 Å². The Balaban J connectivity index is 1.48. The van der Waals surface area contributed by atoms with Gasteiger partial charge in [0, 0.05) is 0 Å². The van der Waals surface area contributed by atoms with Crippen LogP contribution in [0.4, 0.5) is 5.69 Å². The number of hydrogen-bond acceptors (Lipinski definition) is 5. The van der Waals surface area contributed by atoms with Crippen molar-refractivity contribution in [2.75, 3.05) is 18.0 Å². The molecule has 6 heteroatoms. The fourth-order valence-electron chi connectivity index (χ4n) is 3.01. The van der Waals surface area contributed by atoms with Gasteiger partial charge in [0.1, 0.15) is 18.2 Å².